The van der Waals surface area contributed by atoms with Gasteiger partial charge < -0.3 is 14.5 Å². The lowest BCUT2D eigenvalue weighted by atomic mass is 10.1. The largest absolute Gasteiger partial charge is 0.416 e. The molecule has 4 rings (SSSR count). The van der Waals surface area contributed by atoms with Crippen LogP contribution in [0.2, 0.25) is 5.02 Å². The van der Waals surface area contributed by atoms with Gasteiger partial charge >= 0.3 is 6.18 Å². The number of anilines is 2. The fraction of sp³-hybridized carbons (Fsp3) is 0.409. The summed E-state index contributed by atoms with van der Waals surface area (Å²) in [4.78, 5) is 26.9. The third-order valence-corrected chi connectivity index (χ3v) is 5.94. The van der Waals surface area contributed by atoms with Crippen LogP contribution in [-0.2, 0) is 15.7 Å². The maximum atomic E-state index is 13.6. The number of aryl methyl sites for hydroxylation is 1. The van der Waals surface area contributed by atoms with Gasteiger partial charge in [-0.25, -0.2) is 14.4 Å². The van der Waals surface area contributed by atoms with Crippen LogP contribution in [-0.4, -0.2) is 67.7 Å². The SMILES string of the molecule is Cc1cc(C(F)(F)F)cc(N2C(N3CCOCC3)=NCC2C(=O)N(C)c2ccc(F)c(Cl)c2)n1. The molecule has 182 valence electrons. The zero-order valence-corrected chi connectivity index (χ0v) is 19.2. The molecule has 2 aliphatic heterocycles. The van der Waals surface area contributed by atoms with E-state index >= 15 is 0 Å². The van der Waals surface area contributed by atoms with Crippen molar-refractivity contribution in [3.63, 3.8) is 0 Å². The van der Waals surface area contributed by atoms with E-state index in [4.69, 9.17) is 16.3 Å². The quantitative estimate of drug-likeness (QED) is 0.602. The van der Waals surface area contributed by atoms with Crippen LogP contribution in [0.1, 0.15) is 11.3 Å². The van der Waals surface area contributed by atoms with E-state index in [9.17, 15) is 22.4 Å². The van der Waals surface area contributed by atoms with Gasteiger partial charge in [-0.2, -0.15) is 13.2 Å². The van der Waals surface area contributed by atoms with Gasteiger partial charge in [-0.05, 0) is 37.3 Å². The van der Waals surface area contributed by atoms with E-state index in [0.717, 1.165) is 18.2 Å². The topological polar surface area (TPSA) is 61.3 Å². The van der Waals surface area contributed by atoms with Crippen LogP contribution in [0, 0.1) is 12.7 Å². The molecule has 0 radical (unpaired) electrons. The number of benzene rings is 1. The summed E-state index contributed by atoms with van der Waals surface area (Å²) in [5, 5.41) is -0.152. The van der Waals surface area contributed by atoms with Crippen LogP contribution in [0.3, 0.4) is 0 Å². The number of morpholine rings is 1. The summed E-state index contributed by atoms with van der Waals surface area (Å²) in [6.07, 6.45) is -4.58. The Bertz CT molecular complexity index is 1120. The summed E-state index contributed by atoms with van der Waals surface area (Å²) < 4.78 is 59.6. The van der Waals surface area contributed by atoms with Crippen LogP contribution in [0.5, 0.6) is 0 Å². The van der Waals surface area contributed by atoms with Crippen molar-refractivity contribution in [3.05, 3.63) is 52.4 Å². The van der Waals surface area contributed by atoms with Gasteiger partial charge in [0.2, 0.25) is 5.96 Å². The Hall–Kier alpha value is -2.92. The lowest BCUT2D eigenvalue weighted by molar-refractivity contribution is -0.137. The number of alkyl halides is 3. The van der Waals surface area contributed by atoms with Crippen LogP contribution in [0.25, 0.3) is 0 Å². The molecule has 2 aromatic rings. The van der Waals surface area contributed by atoms with Gasteiger partial charge in [0.15, 0.2) is 0 Å². The Labute approximate surface area is 198 Å². The number of aromatic nitrogens is 1. The Kier molecular flexibility index (Phi) is 6.68. The fourth-order valence-corrected chi connectivity index (χ4v) is 4.09. The molecule has 34 heavy (non-hydrogen) atoms. The molecule has 2 aliphatic rings. The summed E-state index contributed by atoms with van der Waals surface area (Å²) in [5.74, 6) is -0.751. The van der Waals surface area contributed by atoms with Crippen molar-refractivity contribution >= 4 is 35.0 Å². The predicted molar refractivity (Wildman–Crippen MR) is 120 cm³/mol. The maximum Gasteiger partial charge on any atom is 0.416 e. The fourth-order valence-electron chi connectivity index (χ4n) is 3.91. The molecule has 1 unspecified atom stereocenters. The van der Waals surface area contributed by atoms with Crippen molar-refractivity contribution in [2.24, 2.45) is 4.99 Å². The van der Waals surface area contributed by atoms with E-state index < -0.39 is 29.5 Å². The van der Waals surface area contributed by atoms with Crippen molar-refractivity contribution in [1.82, 2.24) is 9.88 Å². The monoisotopic (exact) mass is 499 g/mol. The van der Waals surface area contributed by atoms with Crippen molar-refractivity contribution in [3.8, 4) is 0 Å². The number of hydrogen-bond acceptors (Lipinski definition) is 6. The standard InChI is InChI=1S/C22H22ClF4N5O2/c1-13-9-14(22(25,26)27)10-19(29-13)32-18(12-28-21(32)31-5-7-34-8-6-31)20(33)30(2)15-3-4-17(24)16(23)11-15/h3-4,9-11,18H,5-8,12H2,1-2H3. The van der Waals surface area contributed by atoms with Crippen molar-refractivity contribution in [2.75, 3.05) is 49.7 Å². The van der Waals surface area contributed by atoms with E-state index in [-0.39, 0.29) is 23.1 Å². The number of rotatable bonds is 3. The number of amides is 1. The van der Waals surface area contributed by atoms with Crippen molar-refractivity contribution in [2.45, 2.75) is 19.1 Å². The highest BCUT2D eigenvalue weighted by molar-refractivity contribution is 6.31. The summed E-state index contributed by atoms with van der Waals surface area (Å²) >= 11 is 5.87. The molecular formula is C22H22ClF4N5O2. The molecule has 1 aromatic heterocycles. The minimum Gasteiger partial charge on any atom is -0.378 e. The van der Waals surface area contributed by atoms with Gasteiger partial charge in [0.1, 0.15) is 17.7 Å². The third-order valence-electron chi connectivity index (χ3n) is 5.65. The number of aliphatic imine (C=N–C) groups is 1. The highest BCUT2D eigenvalue weighted by Crippen LogP contribution is 2.34. The molecule has 3 heterocycles. The molecule has 1 atom stereocenters. The normalized spacial score (nSPS) is 18.8. The van der Waals surface area contributed by atoms with Crippen LogP contribution < -0.4 is 9.80 Å². The smallest absolute Gasteiger partial charge is 0.378 e. The molecule has 0 saturated carbocycles. The first-order chi connectivity index (χ1) is 16.1. The minimum absolute atomic E-state index is 0.0156. The van der Waals surface area contributed by atoms with E-state index in [1.165, 1.54) is 35.9 Å². The molecule has 0 spiro atoms. The van der Waals surface area contributed by atoms with E-state index in [1.54, 1.807) is 0 Å². The number of ether oxygens (including phenoxy) is 1. The lowest BCUT2D eigenvalue weighted by Gasteiger charge is -2.36. The average molecular weight is 500 g/mol. The number of guanidine groups is 1. The van der Waals surface area contributed by atoms with Crippen LogP contribution in [0.4, 0.5) is 29.1 Å². The first-order valence-corrected chi connectivity index (χ1v) is 10.9. The second kappa shape index (κ2) is 9.38. The number of hydrogen-bond donors (Lipinski definition) is 0. The number of likely N-dealkylation sites (N-methyl/N-ethyl adjacent to an activating group) is 1. The van der Waals surface area contributed by atoms with Gasteiger partial charge in [0.05, 0.1) is 30.3 Å². The van der Waals surface area contributed by atoms with Crippen LogP contribution >= 0.6 is 11.6 Å². The number of carbonyl (C=O) groups excluding carboxylic acids is 1. The van der Waals surface area contributed by atoms with Crippen molar-refractivity contribution in [1.29, 1.82) is 0 Å². The van der Waals surface area contributed by atoms with E-state index in [2.05, 4.69) is 9.98 Å². The molecule has 7 nitrogen and oxygen atoms in total. The van der Waals surface area contributed by atoms with Crippen LogP contribution in [0.15, 0.2) is 35.3 Å². The molecule has 0 aliphatic carbocycles. The van der Waals surface area contributed by atoms with E-state index in [0.29, 0.717) is 38.0 Å². The summed E-state index contributed by atoms with van der Waals surface area (Å²) in [6.45, 7) is 3.27. The average Bonchev–Trinajstić information content (AvgIpc) is 3.25. The van der Waals surface area contributed by atoms with Gasteiger partial charge in [-0.1, -0.05) is 11.6 Å². The van der Waals surface area contributed by atoms with Gasteiger partial charge in [0, 0.05) is 31.5 Å². The predicted octanol–water partition coefficient (Wildman–Crippen LogP) is 3.74. The Morgan fingerprint density at radius 2 is 1.91 bits per heavy atom. The highest BCUT2D eigenvalue weighted by Gasteiger charge is 2.41. The molecule has 12 heteroatoms. The van der Waals surface area contributed by atoms with Gasteiger partial charge in [-0.15, -0.1) is 0 Å². The zero-order valence-electron chi connectivity index (χ0n) is 18.4. The molecule has 1 aromatic carbocycles. The molecule has 1 saturated heterocycles. The molecule has 0 N–H and O–H groups in total. The van der Waals surface area contributed by atoms with Gasteiger partial charge in [-0.3, -0.25) is 9.69 Å². The molecular weight excluding hydrogens is 478 g/mol. The van der Waals surface area contributed by atoms with Gasteiger partial charge in [0.25, 0.3) is 5.91 Å². The first kappa shape index (κ1) is 24.2. The first-order valence-electron chi connectivity index (χ1n) is 10.5. The summed E-state index contributed by atoms with van der Waals surface area (Å²) in [6, 6.07) is 4.76. The number of nitrogens with zero attached hydrogens (tertiary/aromatic N) is 5. The molecule has 1 fully saturated rings. The van der Waals surface area contributed by atoms with E-state index in [1.807, 2.05) is 4.90 Å². The summed E-state index contributed by atoms with van der Waals surface area (Å²) in [7, 11) is 1.49. The second-order valence-electron chi connectivity index (χ2n) is 7.97. The molecule has 0 bridgehead atoms. The number of carbonyl (C=O) groups is 1. The minimum atomic E-state index is -4.58. The Morgan fingerprint density at radius 3 is 2.56 bits per heavy atom. The maximum absolute atomic E-state index is 13.6. The zero-order chi connectivity index (χ0) is 24.6. The van der Waals surface area contributed by atoms with Crippen molar-refractivity contribution < 1.29 is 27.1 Å². The number of pyridine rings is 1. The Morgan fingerprint density at radius 1 is 1.21 bits per heavy atom. The second-order valence-corrected chi connectivity index (χ2v) is 8.38. The third kappa shape index (κ3) is 4.80. The Balaban J connectivity index is 1.73. The molecule has 1 amide bonds. The summed E-state index contributed by atoms with van der Waals surface area (Å²) in [5.41, 5.74) is -0.375. The highest BCUT2D eigenvalue weighted by atomic mass is 35.5. The number of halogens is 5. The lowest BCUT2D eigenvalue weighted by Crippen LogP contribution is -2.54.